The summed E-state index contributed by atoms with van der Waals surface area (Å²) in [6.45, 7) is 4.28. The summed E-state index contributed by atoms with van der Waals surface area (Å²) in [5.41, 5.74) is 0.908. The van der Waals surface area contributed by atoms with Crippen LogP contribution in [0.5, 0.6) is 17.2 Å². The summed E-state index contributed by atoms with van der Waals surface area (Å²) in [6, 6.07) is 5.61. The van der Waals surface area contributed by atoms with Gasteiger partial charge in [0.15, 0.2) is 11.5 Å². The Balaban J connectivity index is 1.89. The molecule has 0 amide bonds. The molecule has 3 rings (SSSR count). The van der Waals surface area contributed by atoms with Gasteiger partial charge in [-0.25, -0.2) is 0 Å². The SMILES string of the molecule is CCCNCCCc1ccc2c(Cl)cc3c(c2c1O)OCO3. The molecule has 0 aromatic heterocycles. The van der Waals surface area contributed by atoms with Crippen LogP contribution in [0.15, 0.2) is 18.2 Å². The van der Waals surface area contributed by atoms with Crippen LogP contribution in [-0.4, -0.2) is 25.0 Å². The van der Waals surface area contributed by atoms with E-state index in [9.17, 15) is 5.11 Å². The number of hydrogen-bond acceptors (Lipinski definition) is 4. The zero-order valence-electron chi connectivity index (χ0n) is 12.6. The molecular weight excluding hydrogens is 302 g/mol. The summed E-state index contributed by atoms with van der Waals surface area (Å²) in [6.07, 6.45) is 2.91. The lowest BCUT2D eigenvalue weighted by Crippen LogP contribution is -2.16. The molecule has 5 heteroatoms. The molecule has 2 aromatic carbocycles. The topological polar surface area (TPSA) is 50.7 Å². The molecule has 2 N–H and O–H groups in total. The second kappa shape index (κ2) is 6.63. The normalized spacial score (nSPS) is 13.0. The first-order valence-corrected chi connectivity index (χ1v) is 8.03. The monoisotopic (exact) mass is 321 g/mol. The minimum Gasteiger partial charge on any atom is -0.507 e. The molecule has 0 saturated heterocycles. The van der Waals surface area contributed by atoms with Crippen molar-refractivity contribution in [2.45, 2.75) is 26.2 Å². The van der Waals surface area contributed by atoms with E-state index in [-0.39, 0.29) is 12.5 Å². The third kappa shape index (κ3) is 2.81. The Morgan fingerprint density at radius 3 is 2.95 bits per heavy atom. The fourth-order valence-electron chi connectivity index (χ4n) is 2.75. The van der Waals surface area contributed by atoms with Crippen molar-refractivity contribution in [2.75, 3.05) is 19.9 Å². The van der Waals surface area contributed by atoms with Crippen molar-refractivity contribution in [3.8, 4) is 17.2 Å². The maximum atomic E-state index is 10.6. The predicted octanol–water partition coefficient (Wildman–Crippen LogP) is 3.86. The van der Waals surface area contributed by atoms with Gasteiger partial charge in [0, 0.05) is 11.5 Å². The van der Waals surface area contributed by atoms with E-state index in [0.717, 1.165) is 43.3 Å². The first-order valence-electron chi connectivity index (χ1n) is 7.65. The summed E-state index contributed by atoms with van der Waals surface area (Å²) < 4.78 is 10.9. The molecule has 0 radical (unpaired) electrons. The molecule has 1 aliphatic heterocycles. The Morgan fingerprint density at radius 1 is 1.27 bits per heavy atom. The number of hydrogen-bond donors (Lipinski definition) is 2. The van der Waals surface area contributed by atoms with Crippen molar-refractivity contribution < 1.29 is 14.6 Å². The number of aryl methyl sites for hydroxylation is 1. The van der Waals surface area contributed by atoms with Gasteiger partial charge >= 0.3 is 0 Å². The summed E-state index contributed by atoms with van der Waals surface area (Å²) in [4.78, 5) is 0. The van der Waals surface area contributed by atoms with Crippen molar-refractivity contribution in [2.24, 2.45) is 0 Å². The van der Waals surface area contributed by atoms with Gasteiger partial charge in [0.25, 0.3) is 0 Å². The van der Waals surface area contributed by atoms with Crippen LogP contribution in [0.3, 0.4) is 0 Å². The smallest absolute Gasteiger partial charge is 0.231 e. The molecule has 0 spiro atoms. The van der Waals surface area contributed by atoms with Crippen LogP contribution < -0.4 is 14.8 Å². The molecule has 0 saturated carbocycles. The number of aromatic hydroxyl groups is 1. The molecule has 0 bridgehead atoms. The van der Waals surface area contributed by atoms with Crippen LogP contribution in [0.2, 0.25) is 5.02 Å². The Hall–Kier alpha value is -1.65. The second-order valence-corrected chi connectivity index (χ2v) is 5.85. The maximum absolute atomic E-state index is 10.6. The highest BCUT2D eigenvalue weighted by Crippen LogP contribution is 2.47. The number of halogens is 1. The molecule has 2 aromatic rings. The first kappa shape index (κ1) is 15.3. The van der Waals surface area contributed by atoms with E-state index in [1.165, 1.54) is 0 Å². The molecule has 1 aliphatic rings. The quantitative estimate of drug-likeness (QED) is 0.793. The summed E-state index contributed by atoms with van der Waals surface area (Å²) in [5.74, 6) is 1.43. The fourth-order valence-corrected chi connectivity index (χ4v) is 3.01. The molecule has 118 valence electrons. The van der Waals surface area contributed by atoms with E-state index in [4.69, 9.17) is 21.1 Å². The molecule has 0 aliphatic carbocycles. The standard InChI is InChI=1S/C17H20ClNO3/c1-2-7-19-8-3-4-11-5-6-12-13(18)9-14-17(22-10-21-14)15(12)16(11)20/h5-6,9,19-20H,2-4,7-8,10H2,1H3. The zero-order valence-corrected chi connectivity index (χ0v) is 13.4. The Bertz CT molecular complexity index is 687. The van der Waals surface area contributed by atoms with Crippen LogP contribution >= 0.6 is 11.6 Å². The Morgan fingerprint density at radius 2 is 2.14 bits per heavy atom. The molecule has 0 fully saturated rings. The number of phenols is 1. The second-order valence-electron chi connectivity index (χ2n) is 5.44. The van der Waals surface area contributed by atoms with Gasteiger partial charge in [0.2, 0.25) is 6.79 Å². The summed E-state index contributed by atoms with van der Waals surface area (Å²) in [5, 5.41) is 16.0. The first-order chi connectivity index (χ1) is 10.7. The van der Waals surface area contributed by atoms with E-state index >= 15 is 0 Å². The number of benzene rings is 2. The Labute approximate surface area is 135 Å². The minimum atomic E-state index is 0.162. The Kier molecular flexibility index (Phi) is 4.60. The van der Waals surface area contributed by atoms with Gasteiger partial charge in [-0.15, -0.1) is 0 Å². The predicted molar refractivity (Wildman–Crippen MR) is 88.2 cm³/mol. The van der Waals surface area contributed by atoms with E-state index in [1.807, 2.05) is 12.1 Å². The average Bonchev–Trinajstić information content (AvgIpc) is 2.97. The fraction of sp³-hybridized carbons (Fsp3) is 0.412. The van der Waals surface area contributed by atoms with Gasteiger partial charge in [0.1, 0.15) is 5.75 Å². The number of phenolic OH excluding ortho intramolecular Hbond substituents is 1. The van der Waals surface area contributed by atoms with Gasteiger partial charge in [-0.2, -0.15) is 0 Å². The number of ether oxygens (including phenoxy) is 2. The van der Waals surface area contributed by atoms with Gasteiger partial charge in [-0.3, -0.25) is 0 Å². The van der Waals surface area contributed by atoms with Crippen molar-refractivity contribution in [3.63, 3.8) is 0 Å². The zero-order chi connectivity index (χ0) is 15.5. The van der Waals surface area contributed by atoms with Crippen molar-refractivity contribution >= 4 is 22.4 Å². The van der Waals surface area contributed by atoms with Gasteiger partial charge < -0.3 is 19.9 Å². The summed E-state index contributed by atoms with van der Waals surface area (Å²) in [7, 11) is 0. The third-order valence-corrected chi connectivity index (χ3v) is 4.18. The molecule has 4 nitrogen and oxygen atoms in total. The lowest BCUT2D eigenvalue weighted by molar-refractivity contribution is 0.174. The largest absolute Gasteiger partial charge is 0.507 e. The number of nitrogens with one attached hydrogen (secondary N) is 1. The lowest BCUT2D eigenvalue weighted by atomic mass is 10.0. The number of rotatable bonds is 6. The van der Waals surface area contributed by atoms with Crippen LogP contribution in [0.25, 0.3) is 10.8 Å². The average molecular weight is 322 g/mol. The maximum Gasteiger partial charge on any atom is 0.231 e. The van der Waals surface area contributed by atoms with Crippen LogP contribution in [0.1, 0.15) is 25.3 Å². The molecule has 1 heterocycles. The highest BCUT2D eigenvalue weighted by Gasteiger charge is 2.22. The summed E-state index contributed by atoms with van der Waals surface area (Å²) >= 11 is 6.27. The van der Waals surface area contributed by atoms with Crippen LogP contribution in [-0.2, 0) is 6.42 Å². The highest BCUT2D eigenvalue weighted by molar-refractivity contribution is 6.36. The van der Waals surface area contributed by atoms with Crippen LogP contribution in [0.4, 0.5) is 0 Å². The minimum absolute atomic E-state index is 0.162. The third-order valence-electron chi connectivity index (χ3n) is 3.87. The molecule has 22 heavy (non-hydrogen) atoms. The van der Waals surface area contributed by atoms with Gasteiger partial charge in [-0.1, -0.05) is 30.7 Å². The van der Waals surface area contributed by atoms with E-state index in [0.29, 0.717) is 21.9 Å². The van der Waals surface area contributed by atoms with E-state index in [2.05, 4.69) is 12.2 Å². The highest BCUT2D eigenvalue weighted by atomic mass is 35.5. The van der Waals surface area contributed by atoms with Crippen molar-refractivity contribution in [1.82, 2.24) is 5.32 Å². The van der Waals surface area contributed by atoms with Crippen LogP contribution in [0, 0.1) is 0 Å². The van der Waals surface area contributed by atoms with Crippen molar-refractivity contribution in [1.29, 1.82) is 0 Å². The number of fused-ring (bicyclic) bond motifs is 3. The van der Waals surface area contributed by atoms with E-state index < -0.39 is 0 Å². The van der Waals surface area contributed by atoms with Gasteiger partial charge in [0.05, 0.1) is 10.4 Å². The van der Waals surface area contributed by atoms with Gasteiger partial charge in [-0.05, 0) is 37.9 Å². The molecular formula is C17H20ClNO3. The lowest BCUT2D eigenvalue weighted by Gasteiger charge is -2.11. The molecule has 0 unspecified atom stereocenters. The molecule has 0 atom stereocenters. The van der Waals surface area contributed by atoms with Crippen molar-refractivity contribution in [3.05, 3.63) is 28.8 Å². The van der Waals surface area contributed by atoms with E-state index in [1.54, 1.807) is 6.07 Å².